The van der Waals surface area contributed by atoms with E-state index in [0.29, 0.717) is 11.7 Å². The van der Waals surface area contributed by atoms with E-state index in [1.165, 1.54) is 11.3 Å². The lowest BCUT2D eigenvalue weighted by molar-refractivity contribution is 0.0398. The topological polar surface area (TPSA) is 70.8 Å². The minimum Gasteiger partial charge on any atom is -0.379 e. The molecule has 2 aromatic rings. The molecule has 0 bridgehead atoms. The molecular weight excluding hydrogens is 338 g/mol. The van der Waals surface area contributed by atoms with E-state index in [1.807, 2.05) is 35.3 Å². The molecule has 4 heterocycles. The van der Waals surface area contributed by atoms with Gasteiger partial charge < -0.3 is 15.0 Å². The van der Waals surface area contributed by atoms with Crippen molar-refractivity contribution < 1.29 is 4.74 Å². The molecule has 0 unspecified atom stereocenters. The van der Waals surface area contributed by atoms with Crippen LogP contribution in [-0.2, 0) is 11.2 Å². The third kappa shape index (κ3) is 3.54. The number of thioether (sulfide) groups is 1. The van der Waals surface area contributed by atoms with Gasteiger partial charge in [-0.15, -0.1) is 16.9 Å². The first-order valence-corrected chi connectivity index (χ1v) is 9.84. The number of ether oxygens (including phenoxy) is 1. The Labute approximate surface area is 151 Å². The summed E-state index contributed by atoms with van der Waals surface area (Å²) in [6.07, 6.45) is 2.18. The Bertz CT molecular complexity index is 742. The molecule has 0 amide bonds. The average molecular weight is 363 g/mol. The van der Waals surface area contributed by atoms with Crippen LogP contribution in [0.2, 0.25) is 0 Å². The number of nitrogens with zero attached hydrogens (tertiary/aromatic N) is 6. The first kappa shape index (κ1) is 16.9. The monoisotopic (exact) mass is 363 g/mol. The van der Waals surface area contributed by atoms with E-state index < -0.39 is 0 Å². The SMILES string of the molecule is CN(C)c1nc2nc3c(c(NCCN4CCOCC4)n2n1)SCCC3. The Kier molecular flexibility index (Phi) is 4.96. The molecule has 0 aromatic carbocycles. The quantitative estimate of drug-likeness (QED) is 0.843. The zero-order chi connectivity index (χ0) is 17.2. The number of aromatic nitrogens is 4. The van der Waals surface area contributed by atoms with Crippen molar-refractivity contribution in [3.05, 3.63) is 5.69 Å². The highest BCUT2D eigenvalue weighted by molar-refractivity contribution is 7.99. The Morgan fingerprint density at radius 3 is 2.88 bits per heavy atom. The number of rotatable bonds is 5. The van der Waals surface area contributed by atoms with Crippen LogP contribution in [0.15, 0.2) is 4.90 Å². The molecule has 1 fully saturated rings. The number of hydrogen-bond acceptors (Lipinski definition) is 8. The maximum atomic E-state index is 5.42. The fourth-order valence-corrected chi connectivity index (χ4v) is 4.26. The summed E-state index contributed by atoms with van der Waals surface area (Å²) < 4.78 is 7.29. The van der Waals surface area contributed by atoms with E-state index in [2.05, 4.69) is 20.3 Å². The van der Waals surface area contributed by atoms with Gasteiger partial charge in [-0.3, -0.25) is 4.90 Å². The molecule has 2 aromatic heterocycles. The van der Waals surface area contributed by atoms with Crippen LogP contribution in [0, 0.1) is 0 Å². The number of fused-ring (bicyclic) bond motifs is 2. The van der Waals surface area contributed by atoms with Crippen LogP contribution in [-0.4, -0.2) is 83.7 Å². The Hall–Kier alpha value is -1.58. The van der Waals surface area contributed by atoms with Crippen molar-refractivity contribution in [1.82, 2.24) is 24.5 Å². The fourth-order valence-electron chi connectivity index (χ4n) is 3.16. The second-order valence-electron chi connectivity index (χ2n) is 6.59. The normalized spacial score (nSPS) is 18.3. The summed E-state index contributed by atoms with van der Waals surface area (Å²) in [7, 11) is 3.91. The van der Waals surface area contributed by atoms with Gasteiger partial charge in [-0.2, -0.15) is 9.50 Å². The van der Waals surface area contributed by atoms with Crippen molar-refractivity contribution in [3.8, 4) is 0 Å². The third-order valence-electron chi connectivity index (χ3n) is 4.53. The molecule has 25 heavy (non-hydrogen) atoms. The lowest BCUT2D eigenvalue weighted by atomic mass is 10.2. The maximum Gasteiger partial charge on any atom is 0.256 e. The standard InChI is InChI=1S/C16H25N7OS/c1-21(2)16-19-15-18-12-4-3-11-25-13(12)14(23(15)20-16)17-5-6-22-7-9-24-10-8-22/h17H,3-11H2,1-2H3. The van der Waals surface area contributed by atoms with Crippen molar-refractivity contribution in [2.75, 3.05) is 69.5 Å². The first-order chi connectivity index (χ1) is 12.2. The smallest absolute Gasteiger partial charge is 0.256 e. The molecule has 1 N–H and O–H groups in total. The zero-order valence-electron chi connectivity index (χ0n) is 14.9. The van der Waals surface area contributed by atoms with Crippen molar-refractivity contribution in [2.45, 2.75) is 17.7 Å². The number of aryl methyl sites for hydroxylation is 1. The minimum absolute atomic E-state index is 0.679. The highest BCUT2D eigenvalue weighted by Gasteiger charge is 2.22. The molecular formula is C16H25N7OS. The van der Waals surface area contributed by atoms with Gasteiger partial charge in [0.2, 0.25) is 5.95 Å². The van der Waals surface area contributed by atoms with Crippen LogP contribution >= 0.6 is 11.8 Å². The van der Waals surface area contributed by atoms with Gasteiger partial charge >= 0.3 is 0 Å². The zero-order valence-corrected chi connectivity index (χ0v) is 15.7. The molecule has 2 aliphatic heterocycles. The lowest BCUT2D eigenvalue weighted by Crippen LogP contribution is -2.39. The van der Waals surface area contributed by atoms with Gasteiger partial charge in [-0.1, -0.05) is 0 Å². The summed E-state index contributed by atoms with van der Waals surface area (Å²) in [5.74, 6) is 3.54. The third-order valence-corrected chi connectivity index (χ3v) is 5.74. The molecule has 2 aliphatic rings. The summed E-state index contributed by atoms with van der Waals surface area (Å²) in [6, 6.07) is 0. The summed E-state index contributed by atoms with van der Waals surface area (Å²) in [6.45, 7) is 5.56. The predicted molar refractivity (Wildman–Crippen MR) is 99.9 cm³/mol. The minimum atomic E-state index is 0.679. The van der Waals surface area contributed by atoms with Gasteiger partial charge in [-0.05, 0) is 18.6 Å². The number of morpholine rings is 1. The van der Waals surface area contributed by atoms with Crippen molar-refractivity contribution in [2.24, 2.45) is 0 Å². The van der Waals surface area contributed by atoms with Crippen LogP contribution in [0.25, 0.3) is 5.78 Å². The van der Waals surface area contributed by atoms with Crippen molar-refractivity contribution >= 4 is 29.3 Å². The van der Waals surface area contributed by atoms with Crippen LogP contribution in [0.3, 0.4) is 0 Å². The summed E-state index contributed by atoms with van der Waals surface area (Å²) in [4.78, 5) is 14.9. The molecule has 0 aliphatic carbocycles. The molecule has 0 spiro atoms. The first-order valence-electron chi connectivity index (χ1n) is 8.86. The van der Waals surface area contributed by atoms with E-state index in [4.69, 9.17) is 9.72 Å². The second-order valence-corrected chi connectivity index (χ2v) is 7.69. The average Bonchev–Trinajstić information content (AvgIpc) is 3.06. The van der Waals surface area contributed by atoms with Crippen LogP contribution in [0.5, 0.6) is 0 Å². The van der Waals surface area contributed by atoms with Crippen molar-refractivity contribution in [3.63, 3.8) is 0 Å². The largest absolute Gasteiger partial charge is 0.379 e. The Morgan fingerprint density at radius 1 is 1.24 bits per heavy atom. The van der Waals surface area contributed by atoms with Gasteiger partial charge in [0.15, 0.2) is 0 Å². The van der Waals surface area contributed by atoms with E-state index in [9.17, 15) is 0 Å². The van der Waals surface area contributed by atoms with Crippen molar-refractivity contribution in [1.29, 1.82) is 0 Å². The van der Waals surface area contributed by atoms with Gasteiger partial charge in [0, 0.05) is 40.3 Å². The Morgan fingerprint density at radius 2 is 2.08 bits per heavy atom. The highest BCUT2D eigenvalue weighted by Crippen LogP contribution is 2.35. The summed E-state index contributed by atoms with van der Waals surface area (Å²) in [5.41, 5.74) is 1.15. The molecule has 136 valence electrons. The molecule has 1 saturated heterocycles. The molecule has 0 atom stereocenters. The lowest BCUT2D eigenvalue weighted by Gasteiger charge is -2.27. The number of nitrogens with one attached hydrogen (secondary N) is 1. The van der Waals surface area contributed by atoms with Gasteiger partial charge in [0.05, 0.1) is 23.8 Å². The summed E-state index contributed by atoms with van der Waals surface area (Å²) >= 11 is 1.87. The summed E-state index contributed by atoms with van der Waals surface area (Å²) in [5, 5.41) is 8.26. The van der Waals surface area contributed by atoms with Gasteiger partial charge in [0.1, 0.15) is 5.82 Å². The predicted octanol–water partition coefficient (Wildman–Crippen LogP) is 0.973. The number of hydrogen-bond donors (Lipinski definition) is 1. The fraction of sp³-hybridized carbons (Fsp3) is 0.688. The number of anilines is 2. The second kappa shape index (κ2) is 7.35. The van der Waals surface area contributed by atoms with E-state index >= 15 is 0 Å². The molecule has 0 radical (unpaired) electrons. The van der Waals surface area contributed by atoms with Crippen LogP contribution in [0.4, 0.5) is 11.8 Å². The van der Waals surface area contributed by atoms with E-state index in [-0.39, 0.29) is 0 Å². The molecule has 9 heteroatoms. The highest BCUT2D eigenvalue weighted by atomic mass is 32.2. The van der Waals surface area contributed by atoms with Gasteiger partial charge in [-0.25, -0.2) is 4.98 Å². The molecule has 0 saturated carbocycles. The van der Waals surface area contributed by atoms with E-state index in [1.54, 1.807) is 0 Å². The maximum absolute atomic E-state index is 5.42. The van der Waals surface area contributed by atoms with Crippen LogP contribution < -0.4 is 10.2 Å². The van der Waals surface area contributed by atoms with Crippen LogP contribution in [0.1, 0.15) is 12.1 Å². The Balaban J connectivity index is 1.60. The van der Waals surface area contributed by atoms with E-state index in [0.717, 1.165) is 63.1 Å². The molecule has 4 rings (SSSR count). The van der Waals surface area contributed by atoms with Gasteiger partial charge in [0.25, 0.3) is 5.78 Å². The molecule has 8 nitrogen and oxygen atoms in total.